The number of amides is 1. The molecule has 116 valence electrons. The monoisotopic (exact) mass is 305 g/mol. The van der Waals surface area contributed by atoms with E-state index in [1.807, 2.05) is 0 Å². The topological polar surface area (TPSA) is 91.8 Å². The minimum absolute atomic E-state index is 0.0678. The second kappa shape index (κ2) is 7.06. The van der Waals surface area contributed by atoms with Crippen LogP contribution in [0.25, 0.3) is 0 Å². The van der Waals surface area contributed by atoms with Gasteiger partial charge in [0.05, 0.1) is 16.9 Å². The summed E-state index contributed by atoms with van der Waals surface area (Å²) >= 11 is 0. The van der Waals surface area contributed by atoms with Crippen LogP contribution in [-0.4, -0.2) is 54.9 Å². The highest BCUT2D eigenvalue weighted by molar-refractivity contribution is 7.92. The molecule has 1 N–H and O–H groups in total. The van der Waals surface area contributed by atoms with Crippen molar-refractivity contribution < 1.29 is 23.1 Å². The zero-order valence-corrected chi connectivity index (χ0v) is 12.9. The number of nitrogens with zero attached hydrogens (tertiary/aromatic N) is 1. The lowest BCUT2D eigenvalue weighted by molar-refractivity contribution is -0.142. The lowest BCUT2D eigenvalue weighted by atomic mass is 10.2. The van der Waals surface area contributed by atoms with E-state index >= 15 is 0 Å². The number of hydrogen-bond acceptors (Lipinski definition) is 4. The number of hydrogen-bond donors (Lipinski definition) is 1. The number of aliphatic carboxylic acids is 1. The maximum absolute atomic E-state index is 12.0. The molecule has 1 rings (SSSR count). The van der Waals surface area contributed by atoms with Crippen LogP contribution >= 0.6 is 0 Å². The van der Waals surface area contributed by atoms with Gasteiger partial charge in [-0.3, -0.25) is 9.59 Å². The summed E-state index contributed by atoms with van der Waals surface area (Å²) in [5.41, 5.74) is 0. The second-order valence-electron chi connectivity index (χ2n) is 5.54. The van der Waals surface area contributed by atoms with Gasteiger partial charge in [-0.15, -0.1) is 0 Å². The van der Waals surface area contributed by atoms with Crippen molar-refractivity contribution in [3.8, 4) is 0 Å². The first-order valence-electron chi connectivity index (χ1n) is 6.92. The number of carbonyl (C=O) groups is 2. The zero-order valence-electron chi connectivity index (χ0n) is 12.0. The Kier molecular flexibility index (Phi) is 5.98. The normalized spacial score (nSPS) is 17.9. The van der Waals surface area contributed by atoms with Gasteiger partial charge in [0, 0.05) is 20.0 Å². The van der Waals surface area contributed by atoms with Gasteiger partial charge in [-0.2, -0.15) is 0 Å². The number of carboxylic acid groups (broad SMARTS) is 1. The lowest BCUT2D eigenvalue weighted by Gasteiger charge is -2.20. The van der Waals surface area contributed by atoms with Gasteiger partial charge in [0.2, 0.25) is 5.91 Å². The summed E-state index contributed by atoms with van der Waals surface area (Å²) in [6, 6.07) is 0. The largest absolute Gasteiger partial charge is 0.481 e. The van der Waals surface area contributed by atoms with Crippen molar-refractivity contribution in [3.63, 3.8) is 0 Å². The third-order valence-electron chi connectivity index (χ3n) is 3.81. The van der Waals surface area contributed by atoms with E-state index in [9.17, 15) is 18.0 Å². The molecule has 0 radical (unpaired) electrons. The summed E-state index contributed by atoms with van der Waals surface area (Å²) < 4.78 is 24.1. The van der Waals surface area contributed by atoms with Crippen molar-refractivity contribution in [2.45, 2.75) is 44.3 Å². The first-order chi connectivity index (χ1) is 9.24. The van der Waals surface area contributed by atoms with E-state index in [2.05, 4.69) is 0 Å². The fraction of sp³-hybridized carbons (Fsp3) is 0.846. The van der Waals surface area contributed by atoms with Crippen LogP contribution < -0.4 is 0 Å². The van der Waals surface area contributed by atoms with Gasteiger partial charge >= 0.3 is 5.97 Å². The van der Waals surface area contributed by atoms with Gasteiger partial charge in [0.1, 0.15) is 0 Å². The number of carbonyl (C=O) groups excluding carboxylic acids is 1. The van der Waals surface area contributed by atoms with Crippen LogP contribution in [-0.2, 0) is 19.4 Å². The fourth-order valence-corrected chi connectivity index (χ4v) is 4.27. The smallest absolute Gasteiger partial charge is 0.308 e. The van der Waals surface area contributed by atoms with E-state index in [-0.39, 0.29) is 29.9 Å². The van der Waals surface area contributed by atoms with Crippen molar-refractivity contribution >= 4 is 21.7 Å². The van der Waals surface area contributed by atoms with E-state index in [0.29, 0.717) is 12.8 Å². The molecule has 0 aliphatic heterocycles. The van der Waals surface area contributed by atoms with Crippen molar-refractivity contribution in [3.05, 3.63) is 0 Å². The Labute approximate surface area is 120 Å². The van der Waals surface area contributed by atoms with Gasteiger partial charge in [0.25, 0.3) is 0 Å². The van der Waals surface area contributed by atoms with Crippen molar-refractivity contribution in [1.82, 2.24) is 4.90 Å². The van der Waals surface area contributed by atoms with Gasteiger partial charge in [-0.05, 0) is 12.8 Å². The summed E-state index contributed by atoms with van der Waals surface area (Å²) in [5, 5.41) is 8.49. The van der Waals surface area contributed by atoms with E-state index in [4.69, 9.17) is 5.11 Å². The Hall–Kier alpha value is -1.11. The fourth-order valence-electron chi connectivity index (χ4n) is 2.43. The van der Waals surface area contributed by atoms with Crippen LogP contribution in [0.1, 0.15) is 39.0 Å². The molecule has 0 bridgehead atoms. The molecule has 1 fully saturated rings. The van der Waals surface area contributed by atoms with E-state index < -0.39 is 21.7 Å². The number of rotatable bonds is 7. The molecule has 6 nitrogen and oxygen atoms in total. The quantitative estimate of drug-likeness (QED) is 0.755. The number of carboxylic acids is 1. The first-order valence-corrected chi connectivity index (χ1v) is 8.64. The molecule has 7 heteroatoms. The van der Waals surface area contributed by atoms with Crippen molar-refractivity contribution in [2.24, 2.45) is 5.92 Å². The maximum Gasteiger partial charge on any atom is 0.308 e. The zero-order chi connectivity index (χ0) is 15.3. The average Bonchev–Trinajstić information content (AvgIpc) is 2.90. The second-order valence-corrected chi connectivity index (χ2v) is 7.94. The molecule has 1 aliphatic rings. The average molecular weight is 305 g/mol. The van der Waals surface area contributed by atoms with E-state index in [1.54, 1.807) is 0 Å². The lowest BCUT2D eigenvalue weighted by Crippen LogP contribution is -2.35. The minimum Gasteiger partial charge on any atom is -0.481 e. The minimum atomic E-state index is -3.20. The highest BCUT2D eigenvalue weighted by Crippen LogP contribution is 2.25. The van der Waals surface area contributed by atoms with Crippen molar-refractivity contribution in [2.75, 3.05) is 19.3 Å². The number of sulfone groups is 1. The molecule has 0 heterocycles. The third-order valence-corrected chi connectivity index (χ3v) is 6.07. The van der Waals surface area contributed by atoms with E-state index in [0.717, 1.165) is 12.8 Å². The highest BCUT2D eigenvalue weighted by Gasteiger charge is 2.29. The Morgan fingerprint density at radius 2 is 1.85 bits per heavy atom. The summed E-state index contributed by atoms with van der Waals surface area (Å²) in [6.07, 6.45) is 3.20. The first kappa shape index (κ1) is 16.9. The molecular formula is C13H23NO5S. The predicted molar refractivity (Wildman–Crippen MR) is 75.1 cm³/mol. The highest BCUT2D eigenvalue weighted by atomic mass is 32.2. The standard InChI is InChI=1S/C13H23NO5S/c1-10(13(16)17)9-14(2)12(15)7-8-20(18,19)11-5-3-4-6-11/h10-11H,3-9H2,1-2H3,(H,16,17). The van der Waals surface area contributed by atoms with Crippen LogP contribution in [0.2, 0.25) is 0 Å². The van der Waals surface area contributed by atoms with Gasteiger partial charge in [-0.25, -0.2) is 8.42 Å². The van der Waals surface area contributed by atoms with Crippen LogP contribution in [0.3, 0.4) is 0 Å². The summed E-state index contributed by atoms with van der Waals surface area (Å²) in [5.74, 6) is -2.08. The van der Waals surface area contributed by atoms with Gasteiger partial charge < -0.3 is 10.0 Å². The molecule has 0 aromatic rings. The van der Waals surface area contributed by atoms with Crippen LogP contribution in [0.4, 0.5) is 0 Å². The van der Waals surface area contributed by atoms with Crippen LogP contribution in [0, 0.1) is 5.92 Å². The molecule has 1 atom stereocenters. The molecule has 0 saturated heterocycles. The van der Waals surface area contributed by atoms with Crippen LogP contribution in [0.15, 0.2) is 0 Å². The molecule has 1 unspecified atom stereocenters. The summed E-state index contributed by atoms with van der Waals surface area (Å²) in [4.78, 5) is 23.8. The molecule has 1 aliphatic carbocycles. The molecule has 1 amide bonds. The summed E-state index contributed by atoms with van der Waals surface area (Å²) in [6.45, 7) is 1.61. The predicted octanol–water partition coefficient (Wildman–Crippen LogP) is 0.913. The SMILES string of the molecule is CC(CN(C)C(=O)CCS(=O)(=O)C1CCCC1)C(=O)O. The Balaban J connectivity index is 2.44. The van der Waals surface area contributed by atoms with Crippen molar-refractivity contribution in [1.29, 1.82) is 0 Å². The molecule has 20 heavy (non-hydrogen) atoms. The summed E-state index contributed by atoms with van der Waals surface area (Å²) in [7, 11) is -1.69. The Morgan fingerprint density at radius 1 is 1.30 bits per heavy atom. The van der Waals surface area contributed by atoms with E-state index in [1.165, 1.54) is 18.9 Å². The Bertz CT molecular complexity index is 453. The molecule has 0 spiro atoms. The molecule has 0 aromatic heterocycles. The maximum atomic E-state index is 12.0. The van der Waals surface area contributed by atoms with Crippen LogP contribution in [0.5, 0.6) is 0 Å². The molecule has 1 saturated carbocycles. The molecular weight excluding hydrogens is 282 g/mol. The molecule has 0 aromatic carbocycles. The Morgan fingerprint density at radius 3 is 2.35 bits per heavy atom. The van der Waals surface area contributed by atoms with Gasteiger partial charge in [-0.1, -0.05) is 19.8 Å². The third kappa shape index (κ3) is 4.77. The van der Waals surface area contributed by atoms with Gasteiger partial charge in [0.15, 0.2) is 9.84 Å².